The fraction of sp³-hybridized carbons (Fsp3) is 0.767. The number of nitrogens with zero attached hydrogens (tertiary/aromatic N) is 1. The van der Waals surface area contributed by atoms with Crippen molar-refractivity contribution in [3.05, 3.63) is 35.6 Å². The predicted molar refractivity (Wildman–Crippen MR) is 154 cm³/mol. The van der Waals surface area contributed by atoms with Crippen LogP contribution in [0, 0.1) is 17.7 Å². The van der Waals surface area contributed by atoms with Crippen molar-refractivity contribution in [1.29, 1.82) is 0 Å². The summed E-state index contributed by atoms with van der Waals surface area (Å²) in [5.74, 6) is -0.000997. The lowest BCUT2D eigenvalue weighted by molar-refractivity contribution is -0.125. The van der Waals surface area contributed by atoms with Gasteiger partial charge in [-0.15, -0.1) is 0 Å². The number of nitrogens with one attached hydrogen (secondary N) is 2. The number of ether oxygens (including phenoxy) is 1. The average Bonchev–Trinajstić information content (AvgIpc) is 3.30. The second-order valence-corrected chi connectivity index (χ2v) is 14.8. The van der Waals surface area contributed by atoms with E-state index in [-0.39, 0.29) is 59.6 Å². The Labute approximate surface area is 239 Å². The van der Waals surface area contributed by atoms with Crippen LogP contribution in [-0.4, -0.2) is 73.8 Å². The summed E-state index contributed by atoms with van der Waals surface area (Å²) in [6, 6.07) is 5.91. The van der Waals surface area contributed by atoms with Crippen molar-refractivity contribution in [3.8, 4) is 0 Å². The van der Waals surface area contributed by atoms with Crippen LogP contribution in [0.15, 0.2) is 24.3 Å². The Morgan fingerprint density at radius 1 is 1.12 bits per heavy atom. The van der Waals surface area contributed by atoms with Gasteiger partial charge < -0.3 is 21.1 Å². The fourth-order valence-electron chi connectivity index (χ4n) is 7.87. The van der Waals surface area contributed by atoms with Gasteiger partial charge in [-0.25, -0.2) is 12.8 Å². The van der Waals surface area contributed by atoms with Crippen molar-refractivity contribution in [3.63, 3.8) is 0 Å². The van der Waals surface area contributed by atoms with Gasteiger partial charge in [-0.3, -0.25) is 4.79 Å². The summed E-state index contributed by atoms with van der Waals surface area (Å²) in [6.07, 6.45) is 7.99. The molecule has 4 N–H and O–H groups in total. The summed E-state index contributed by atoms with van der Waals surface area (Å²) in [5, 5.41) is 6.85. The normalized spacial score (nSPS) is 37.3. The minimum absolute atomic E-state index is 0.0288. The molecule has 0 radical (unpaired) electrons. The van der Waals surface area contributed by atoms with E-state index in [4.69, 9.17) is 10.5 Å². The molecule has 10 heteroatoms. The molecule has 1 saturated carbocycles. The van der Waals surface area contributed by atoms with E-state index in [0.29, 0.717) is 25.4 Å². The number of amides is 1. The van der Waals surface area contributed by atoms with Crippen molar-refractivity contribution < 1.29 is 22.3 Å². The maximum Gasteiger partial charge on any atom is 0.237 e. The van der Waals surface area contributed by atoms with Crippen molar-refractivity contribution in [2.24, 2.45) is 17.6 Å². The number of benzene rings is 1. The van der Waals surface area contributed by atoms with Gasteiger partial charge in [0.2, 0.25) is 15.9 Å². The molecule has 9 unspecified atom stereocenters. The van der Waals surface area contributed by atoms with Crippen LogP contribution >= 0.6 is 0 Å². The number of hydrogen-bond donors (Lipinski definition) is 3. The van der Waals surface area contributed by atoms with Gasteiger partial charge in [0.05, 0.1) is 24.0 Å². The van der Waals surface area contributed by atoms with E-state index in [0.717, 1.165) is 56.9 Å². The number of carbonyl (C=O) groups is 1. The Hall–Kier alpha value is -1.59. The van der Waals surface area contributed by atoms with E-state index < -0.39 is 16.1 Å². The fourth-order valence-corrected chi connectivity index (χ4v) is 9.68. The summed E-state index contributed by atoms with van der Waals surface area (Å²) >= 11 is 0. The number of fused-ring (bicyclic) bond motifs is 2. The van der Waals surface area contributed by atoms with Crippen LogP contribution in [0.1, 0.15) is 83.1 Å². The van der Waals surface area contributed by atoms with Gasteiger partial charge >= 0.3 is 0 Å². The van der Waals surface area contributed by atoms with Crippen molar-refractivity contribution >= 4 is 15.9 Å². The van der Waals surface area contributed by atoms with E-state index in [9.17, 15) is 17.6 Å². The molecule has 3 saturated heterocycles. The Balaban J connectivity index is 1.24. The molecule has 40 heavy (non-hydrogen) atoms. The lowest BCUT2D eigenvalue weighted by Crippen LogP contribution is -2.57. The summed E-state index contributed by atoms with van der Waals surface area (Å²) in [7, 11) is -3.21. The quantitative estimate of drug-likeness (QED) is 0.437. The highest BCUT2D eigenvalue weighted by atomic mass is 32.2. The van der Waals surface area contributed by atoms with Gasteiger partial charge in [-0.1, -0.05) is 18.6 Å². The molecule has 4 fully saturated rings. The number of piperazine rings is 1. The highest BCUT2D eigenvalue weighted by Gasteiger charge is 2.41. The van der Waals surface area contributed by atoms with Gasteiger partial charge in [0, 0.05) is 37.1 Å². The monoisotopic (exact) mass is 578 g/mol. The molecule has 5 rings (SSSR count). The van der Waals surface area contributed by atoms with Crippen molar-refractivity contribution in [2.75, 3.05) is 18.8 Å². The Kier molecular flexibility index (Phi) is 9.51. The van der Waals surface area contributed by atoms with E-state index in [1.54, 1.807) is 16.4 Å². The molecule has 1 aromatic rings. The van der Waals surface area contributed by atoms with Crippen LogP contribution in [0.25, 0.3) is 0 Å². The Bertz CT molecular complexity index is 1110. The first kappa shape index (κ1) is 29.9. The van der Waals surface area contributed by atoms with Crippen molar-refractivity contribution in [2.45, 2.75) is 114 Å². The van der Waals surface area contributed by atoms with E-state index in [1.807, 2.05) is 0 Å². The highest BCUT2D eigenvalue weighted by Crippen LogP contribution is 2.39. The molecular weight excluding hydrogens is 531 g/mol. The molecule has 2 bridgehead atoms. The molecule has 1 aliphatic carbocycles. The highest BCUT2D eigenvalue weighted by molar-refractivity contribution is 7.89. The van der Waals surface area contributed by atoms with E-state index >= 15 is 0 Å². The number of nitrogens with two attached hydrogens (primary N) is 1. The Morgan fingerprint density at radius 3 is 2.58 bits per heavy atom. The topological polar surface area (TPSA) is 114 Å². The first-order valence-corrected chi connectivity index (χ1v) is 16.9. The van der Waals surface area contributed by atoms with Crippen LogP contribution in [0.5, 0.6) is 0 Å². The van der Waals surface area contributed by atoms with Crippen LogP contribution < -0.4 is 16.4 Å². The van der Waals surface area contributed by atoms with Crippen molar-refractivity contribution in [1.82, 2.24) is 14.9 Å². The second-order valence-electron chi connectivity index (χ2n) is 12.8. The van der Waals surface area contributed by atoms with Gasteiger partial charge in [-0.05, 0) is 94.7 Å². The van der Waals surface area contributed by atoms with E-state index in [2.05, 4.69) is 24.5 Å². The van der Waals surface area contributed by atoms with Crippen LogP contribution in [0.2, 0.25) is 0 Å². The van der Waals surface area contributed by atoms with Gasteiger partial charge in [-0.2, -0.15) is 4.31 Å². The molecule has 1 amide bonds. The van der Waals surface area contributed by atoms with Crippen LogP contribution in [0.3, 0.4) is 0 Å². The van der Waals surface area contributed by atoms with E-state index in [1.165, 1.54) is 12.1 Å². The Morgan fingerprint density at radius 2 is 1.85 bits per heavy atom. The smallest absolute Gasteiger partial charge is 0.237 e. The minimum atomic E-state index is -3.21. The van der Waals surface area contributed by atoms with Gasteiger partial charge in [0.15, 0.2) is 0 Å². The summed E-state index contributed by atoms with van der Waals surface area (Å²) in [4.78, 5) is 13.7. The maximum absolute atomic E-state index is 13.8. The largest absolute Gasteiger partial charge is 0.376 e. The maximum atomic E-state index is 13.8. The number of sulfonamides is 1. The molecule has 224 valence electrons. The SMILES string of the molecule is CC1CC(C(c2ccc(F)cc2)C(N)C(=O)NC2CCCC2CCC2CNC3CCCS(=O)(=O)N2C3)CC(C)O1. The van der Waals surface area contributed by atoms with Crippen LogP contribution in [-0.2, 0) is 19.6 Å². The van der Waals surface area contributed by atoms with Gasteiger partial charge in [0.1, 0.15) is 5.82 Å². The third kappa shape index (κ3) is 6.89. The standard InChI is InChI=1S/C30H47FN4O4S/c1-19-15-23(16-20(2)39-19)28(22-8-11-24(31)12-9-22)29(32)30(36)34-27-7-3-5-21(27)10-13-26-17-33-25-6-4-14-40(37,38)35(26)18-25/h8-9,11-12,19-21,23,25-29,33H,3-7,10,13-18,32H2,1-2H3,(H,34,36). The molecule has 1 aromatic carbocycles. The zero-order valence-corrected chi connectivity index (χ0v) is 24.8. The lowest BCUT2D eigenvalue weighted by atomic mass is 9.74. The molecule has 8 nitrogen and oxygen atoms in total. The first-order chi connectivity index (χ1) is 19.1. The molecule has 9 atom stereocenters. The second kappa shape index (κ2) is 12.7. The molecule has 0 spiro atoms. The minimum Gasteiger partial charge on any atom is -0.376 e. The number of halogens is 1. The zero-order valence-electron chi connectivity index (χ0n) is 23.9. The molecule has 4 aliphatic rings. The third-order valence-corrected chi connectivity index (χ3v) is 11.8. The predicted octanol–water partition coefficient (Wildman–Crippen LogP) is 3.27. The number of rotatable bonds is 8. The molecule has 3 aliphatic heterocycles. The lowest BCUT2D eigenvalue weighted by Gasteiger charge is -2.39. The summed E-state index contributed by atoms with van der Waals surface area (Å²) < 4.78 is 47.2. The van der Waals surface area contributed by atoms with Gasteiger partial charge in [0.25, 0.3) is 0 Å². The van der Waals surface area contributed by atoms with Crippen LogP contribution in [0.4, 0.5) is 4.39 Å². The summed E-state index contributed by atoms with van der Waals surface area (Å²) in [5.41, 5.74) is 7.63. The molecule has 3 heterocycles. The number of hydrogen-bond acceptors (Lipinski definition) is 6. The zero-order chi connectivity index (χ0) is 28.4. The first-order valence-electron chi connectivity index (χ1n) is 15.3. The molecule has 0 aromatic heterocycles. The average molecular weight is 579 g/mol. The third-order valence-electron chi connectivity index (χ3n) is 9.81. The molecular formula is C30H47FN4O4S. The number of carbonyl (C=O) groups excluding carboxylic acids is 1. The summed E-state index contributed by atoms with van der Waals surface area (Å²) in [6.45, 7) is 5.37.